The number of nitrogens with zero attached hydrogens (tertiary/aromatic N) is 2. The molecule has 1 aromatic carbocycles. The number of carbonyl (C=O) groups is 1. The molecule has 0 saturated carbocycles. The maximum Gasteiger partial charge on any atom is 0.255 e. The second-order valence-electron chi connectivity index (χ2n) is 4.76. The Kier molecular flexibility index (Phi) is 5.83. The lowest BCUT2D eigenvalue weighted by Crippen LogP contribution is -2.21. The molecule has 1 N–H and O–H groups in total. The fourth-order valence-electron chi connectivity index (χ4n) is 2.21. The highest BCUT2D eigenvalue weighted by Crippen LogP contribution is 2.19. The number of hydrogen-bond acceptors (Lipinski definition) is 4. The minimum absolute atomic E-state index is 0.117. The number of nitrogens with one attached hydrogen (secondary N) is 1. The largest absolute Gasteiger partial charge is 0.372 e. The molecule has 0 radical (unpaired) electrons. The number of pyridine rings is 1. The van der Waals surface area contributed by atoms with Crippen LogP contribution >= 0.6 is 11.8 Å². The molecule has 0 spiro atoms. The van der Waals surface area contributed by atoms with Crippen LogP contribution in [0, 0.1) is 0 Å². The molecule has 0 fully saturated rings. The number of benzene rings is 1. The monoisotopic (exact) mass is 315 g/mol. The Labute approximate surface area is 135 Å². The summed E-state index contributed by atoms with van der Waals surface area (Å²) in [5.41, 5.74) is 2.58. The van der Waals surface area contributed by atoms with E-state index in [4.69, 9.17) is 0 Å². The van der Waals surface area contributed by atoms with Crippen LogP contribution in [0.25, 0.3) is 0 Å². The molecule has 1 amide bonds. The molecule has 0 saturated heterocycles. The molecular weight excluding hydrogens is 294 g/mol. The molecule has 22 heavy (non-hydrogen) atoms. The van der Waals surface area contributed by atoms with Gasteiger partial charge in [-0.1, -0.05) is 0 Å². The minimum atomic E-state index is -0.117. The number of thioether (sulfide) groups is 1. The van der Waals surface area contributed by atoms with Crippen molar-refractivity contribution >= 4 is 29.0 Å². The highest BCUT2D eigenvalue weighted by atomic mass is 32.2. The fourth-order valence-corrected chi connectivity index (χ4v) is 2.62. The predicted molar refractivity (Wildman–Crippen MR) is 94.0 cm³/mol. The van der Waals surface area contributed by atoms with Gasteiger partial charge in [0, 0.05) is 36.2 Å². The van der Waals surface area contributed by atoms with Gasteiger partial charge in [0.05, 0.1) is 5.03 Å². The Morgan fingerprint density at radius 3 is 2.45 bits per heavy atom. The van der Waals surface area contributed by atoms with Crippen LogP contribution in [-0.4, -0.2) is 30.2 Å². The first kappa shape index (κ1) is 16.4. The van der Waals surface area contributed by atoms with Gasteiger partial charge in [0.1, 0.15) is 0 Å². The zero-order valence-electron chi connectivity index (χ0n) is 13.2. The van der Waals surface area contributed by atoms with Crippen LogP contribution in [0.1, 0.15) is 24.2 Å². The van der Waals surface area contributed by atoms with Crippen LogP contribution in [0.4, 0.5) is 11.4 Å². The average Bonchev–Trinajstić information content (AvgIpc) is 2.57. The first-order valence-corrected chi connectivity index (χ1v) is 8.56. The van der Waals surface area contributed by atoms with E-state index in [-0.39, 0.29) is 5.91 Å². The van der Waals surface area contributed by atoms with Gasteiger partial charge in [-0.3, -0.25) is 4.79 Å². The lowest BCUT2D eigenvalue weighted by molar-refractivity contribution is 0.102. The van der Waals surface area contributed by atoms with Crippen molar-refractivity contribution in [1.82, 2.24) is 4.98 Å². The Morgan fingerprint density at radius 2 is 1.86 bits per heavy atom. The van der Waals surface area contributed by atoms with Crippen molar-refractivity contribution in [2.75, 3.05) is 29.6 Å². The molecule has 5 heteroatoms. The van der Waals surface area contributed by atoms with Crippen LogP contribution < -0.4 is 10.2 Å². The number of rotatable bonds is 6. The summed E-state index contributed by atoms with van der Waals surface area (Å²) in [5, 5.41) is 3.75. The maximum atomic E-state index is 12.3. The van der Waals surface area contributed by atoms with Crippen molar-refractivity contribution in [2.45, 2.75) is 18.9 Å². The first-order valence-electron chi connectivity index (χ1n) is 7.34. The third kappa shape index (κ3) is 4.01. The van der Waals surface area contributed by atoms with Gasteiger partial charge in [-0.15, -0.1) is 11.8 Å². The summed E-state index contributed by atoms with van der Waals surface area (Å²) in [6, 6.07) is 11.4. The summed E-state index contributed by atoms with van der Waals surface area (Å²) < 4.78 is 0. The van der Waals surface area contributed by atoms with Crippen molar-refractivity contribution in [3.63, 3.8) is 0 Å². The predicted octanol–water partition coefficient (Wildman–Crippen LogP) is 3.90. The minimum Gasteiger partial charge on any atom is -0.372 e. The van der Waals surface area contributed by atoms with Crippen LogP contribution in [0.15, 0.2) is 47.6 Å². The van der Waals surface area contributed by atoms with E-state index in [1.54, 1.807) is 18.3 Å². The highest BCUT2D eigenvalue weighted by Gasteiger charge is 2.08. The molecule has 0 unspecified atom stereocenters. The third-order valence-electron chi connectivity index (χ3n) is 3.46. The van der Waals surface area contributed by atoms with E-state index < -0.39 is 0 Å². The first-order chi connectivity index (χ1) is 10.7. The molecule has 1 heterocycles. The standard InChI is InChI=1S/C17H21N3OS/c1-4-20(5-2)15-8-6-14(7-9-15)19-17(21)13-10-11-18-16(12-13)22-3/h6-12H,4-5H2,1-3H3,(H,19,21). The van der Waals surface area contributed by atoms with E-state index in [9.17, 15) is 4.79 Å². The van der Waals surface area contributed by atoms with Crippen molar-refractivity contribution in [2.24, 2.45) is 0 Å². The lowest BCUT2D eigenvalue weighted by atomic mass is 10.2. The second-order valence-corrected chi connectivity index (χ2v) is 5.59. The van der Waals surface area contributed by atoms with Gasteiger partial charge >= 0.3 is 0 Å². The zero-order valence-corrected chi connectivity index (χ0v) is 14.0. The number of aromatic nitrogens is 1. The zero-order chi connectivity index (χ0) is 15.9. The van der Waals surface area contributed by atoms with Gasteiger partial charge in [-0.25, -0.2) is 4.98 Å². The molecule has 0 bridgehead atoms. The van der Waals surface area contributed by atoms with E-state index >= 15 is 0 Å². The Bertz CT molecular complexity index is 624. The Balaban J connectivity index is 2.08. The molecule has 2 aromatic rings. The van der Waals surface area contributed by atoms with Gasteiger partial charge in [-0.2, -0.15) is 0 Å². The number of hydrogen-bond donors (Lipinski definition) is 1. The molecular formula is C17H21N3OS. The Hall–Kier alpha value is -2.01. The van der Waals surface area contributed by atoms with Crippen molar-refractivity contribution in [3.8, 4) is 0 Å². The van der Waals surface area contributed by atoms with Crippen LogP contribution in [0.2, 0.25) is 0 Å². The topological polar surface area (TPSA) is 45.2 Å². The van der Waals surface area contributed by atoms with Crippen LogP contribution in [0.5, 0.6) is 0 Å². The van der Waals surface area contributed by atoms with Gasteiger partial charge < -0.3 is 10.2 Å². The summed E-state index contributed by atoms with van der Waals surface area (Å²) in [6.45, 7) is 6.20. The summed E-state index contributed by atoms with van der Waals surface area (Å²) in [7, 11) is 0. The van der Waals surface area contributed by atoms with Crippen molar-refractivity contribution in [1.29, 1.82) is 0 Å². The molecule has 1 aromatic heterocycles. The number of anilines is 2. The van der Waals surface area contributed by atoms with E-state index in [0.29, 0.717) is 5.56 Å². The average molecular weight is 315 g/mol. The molecule has 0 aliphatic carbocycles. The van der Waals surface area contributed by atoms with Crippen LogP contribution in [-0.2, 0) is 0 Å². The van der Waals surface area contributed by atoms with Gasteiger partial charge in [0.15, 0.2) is 0 Å². The number of carbonyl (C=O) groups excluding carboxylic acids is 1. The summed E-state index contributed by atoms with van der Waals surface area (Å²) in [4.78, 5) is 18.7. The van der Waals surface area contributed by atoms with Gasteiger partial charge in [0.2, 0.25) is 0 Å². The van der Waals surface area contributed by atoms with E-state index in [1.807, 2.05) is 30.5 Å². The van der Waals surface area contributed by atoms with Gasteiger partial charge in [-0.05, 0) is 56.5 Å². The lowest BCUT2D eigenvalue weighted by Gasteiger charge is -2.21. The molecule has 4 nitrogen and oxygen atoms in total. The fraction of sp³-hybridized carbons (Fsp3) is 0.294. The van der Waals surface area contributed by atoms with E-state index in [1.165, 1.54) is 11.8 Å². The Morgan fingerprint density at radius 1 is 1.18 bits per heavy atom. The van der Waals surface area contributed by atoms with Crippen LogP contribution in [0.3, 0.4) is 0 Å². The second kappa shape index (κ2) is 7.84. The SMILES string of the molecule is CCN(CC)c1ccc(NC(=O)c2ccnc(SC)c2)cc1. The molecule has 0 aliphatic rings. The summed E-state index contributed by atoms with van der Waals surface area (Å²) in [5.74, 6) is -0.117. The normalized spacial score (nSPS) is 10.3. The molecule has 0 atom stereocenters. The highest BCUT2D eigenvalue weighted by molar-refractivity contribution is 7.98. The number of amides is 1. The summed E-state index contributed by atoms with van der Waals surface area (Å²) in [6.07, 6.45) is 3.60. The van der Waals surface area contributed by atoms with Crippen molar-refractivity contribution < 1.29 is 4.79 Å². The van der Waals surface area contributed by atoms with Gasteiger partial charge in [0.25, 0.3) is 5.91 Å². The summed E-state index contributed by atoms with van der Waals surface area (Å²) >= 11 is 1.52. The third-order valence-corrected chi connectivity index (χ3v) is 4.10. The molecule has 0 aliphatic heterocycles. The quantitative estimate of drug-likeness (QED) is 0.821. The molecule has 2 rings (SSSR count). The van der Waals surface area contributed by atoms with E-state index in [0.717, 1.165) is 29.5 Å². The smallest absolute Gasteiger partial charge is 0.255 e. The maximum absolute atomic E-state index is 12.3. The van der Waals surface area contributed by atoms with E-state index in [2.05, 4.69) is 29.0 Å². The van der Waals surface area contributed by atoms with Crippen molar-refractivity contribution in [3.05, 3.63) is 48.2 Å². The molecule has 116 valence electrons.